The monoisotopic (exact) mass is 675 g/mol. The van der Waals surface area contributed by atoms with Crippen LogP contribution in [0.15, 0.2) is 121 Å². The van der Waals surface area contributed by atoms with Crippen LogP contribution in [0, 0.1) is 0 Å². The van der Waals surface area contributed by atoms with Gasteiger partial charge in [0.05, 0.1) is 12.5 Å². The Morgan fingerprint density at radius 1 is 0.500 bits per heavy atom. The highest BCUT2D eigenvalue weighted by atomic mass is 16.2. The molecule has 0 saturated carbocycles. The van der Waals surface area contributed by atoms with Crippen LogP contribution in [0.2, 0.25) is 0 Å². The van der Waals surface area contributed by atoms with E-state index in [2.05, 4.69) is 21.3 Å². The summed E-state index contributed by atoms with van der Waals surface area (Å²) in [6, 6.07) is 31.3. The maximum atomic E-state index is 13.5. The Labute approximate surface area is 291 Å². The van der Waals surface area contributed by atoms with Gasteiger partial charge in [0.15, 0.2) is 0 Å². The average molecular weight is 676 g/mol. The smallest absolute Gasteiger partial charge is 0.290 e. The van der Waals surface area contributed by atoms with E-state index in [1.54, 1.807) is 66.7 Å². The topological polar surface area (TPSA) is 177 Å². The first-order chi connectivity index (χ1) is 24.1. The van der Waals surface area contributed by atoms with Gasteiger partial charge in [0.1, 0.15) is 18.1 Å². The minimum absolute atomic E-state index is 0.00977. The number of carbonyl (C=O) groups is 6. The van der Waals surface area contributed by atoms with Crippen LogP contribution in [0.3, 0.4) is 0 Å². The van der Waals surface area contributed by atoms with Gasteiger partial charge in [-0.3, -0.25) is 28.8 Å². The normalized spacial score (nSPS) is 13.1. The Kier molecular flexibility index (Phi) is 13.6. The molecular formula is C39H41N5O6. The fraction of sp³-hybridized carbons (Fsp3) is 0.231. The predicted molar refractivity (Wildman–Crippen MR) is 188 cm³/mol. The van der Waals surface area contributed by atoms with Crippen molar-refractivity contribution in [1.29, 1.82) is 0 Å². The fourth-order valence-electron chi connectivity index (χ4n) is 5.30. The van der Waals surface area contributed by atoms with Crippen molar-refractivity contribution in [3.05, 3.63) is 144 Å². The van der Waals surface area contributed by atoms with Crippen LogP contribution in [0.5, 0.6) is 0 Å². The number of Topliss-reactive ketones (excluding diaryl/α,β-unsaturated/α-hetero) is 1. The molecule has 0 radical (unpaired) electrons. The number of primary amides is 1. The molecule has 0 aliphatic rings. The van der Waals surface area contributed by atoms with Crippen molar-refractivity contribution < 1.29 is 28.8 Å². The quantitative estimate of drug-likeness (QED) is 0.107. The van der Waals surface area contributed by atoms with Crippen LogP contribution in [0.1, 0.15) is 29.2 Å². The molecule has 0 bridgehead atoms. The first-order valence-corrected chi connectivity index (χ1v) is 16.3. The van der Waals surface area contributed by atoms with Gasteiger partial charge >= 0.3 is 0 Å². The molecule has 0 heterocycles. The molecular weight excluding hydrogens is 634 g/mol. The average Bonchev–Trinajstić information content (AvgIpc) is 3.12. The summed E-state index contributed by atoms with van der Waals surface area (Å²) in [5.41, 5.74) is 8.60. The van der Waals surface area contributed by atoms with Gasteiger partial charge in [-0.1, -0.05) is 121 Å². The molecule has 5 amide bonds. The first kappa shape index (κ1) is 36.7. The lowest BCUT2D eigenvalue weighted by Gasteiger charge is -2.23. The van der Waals surface area contributed by atoms with E-state index in [0.29, 0.717) is 5.56 Å². The van der Waals surface area contributed by atoms with Crippen molar-refractivity contribution in [3.63, 3.8) is 0 Å². The molecule has 50 heavy (non-hydrogen) atoms. The molecule has 4 rings (SSSR count). The van der Waals surface area contributed by atoms with Crippen LogP contribution in [0.25, 0.3) is 0 Å². The number of nitrogens with two attached hydrogens (primary N) is 1. The number of benzene rings is 4. The lowest BCUT2D eigenvalue weighted by atomic mass is 10.0. The lowest BCUT2D eigenvalue weighted by Crippen LogP contribution is -2.57. The second-order valence-corrected chi connectivity index (χ2v) is 11.9. The van der Waals surface area contributed by atoms with E-state index >= 15 is 0 Å². The molecule has 6 N–H and O–H groups in total. The van der Waals surface area contributed by atoms with Crippen LogP contribution in [-0.4, -0.2) is 59.5 Å². The molecule has 0 fully saturated rings. The SMILES string of the molecule is CC(NC(=O)C(Cc1ccccc1)NC(=O)Cc1ccccc1)C(=O)C(=O)NC(Cc1ccccc1)C(=O)NC(Cc1ccccc1)C(N)=O. The van der Waals surface area contributed by atoms with E-state index in [1.165, 1.54) is 6.92 Å². The molecule has 0 aliphatic carbocycles. The van der Waals surface area contributed by atoms with Crippen LogP contribution in [0.4, 0.5) is 0 Å². The maximum absolute atomic E-state index is 13.5. The van der Waals surface area contributed by atoms with E-state index < -0.39 is 53.6 Å². The van der Waals surface area contributed by atoms with Gasteiger partial charge in [0.25, 0.3) is 5.91 Å². The molecule has 11 nitrogen and oxygen atoms in total. The van der Waals surface area contributed by atoms with E-state index in [-0.39, 0.29) is 31.6 Å². The molecule has 11 heteroatoms. The van der Waals surface area contributed by atoms with Crippen molar-refractivity contribution in [3.8, 4) is 0 Å². The van der Waals surface area contributed by atoms with Gasteiger partial charge < -0.3 is 27.0 Å². The van der Waals surface area contributed by atoms with Gasteiger partial charge in [0.2, 0.25) is 29.4 Å². The number of hydrogen-bond acceptors (Lipinski definition) is 6. The number of rotatable bonds is 17. The second kappa shape index (κ2) is 18.4. The van der Waals surface area contributed by atoms with Gasteiger partial charge in [-0.15, -0.1) is 0 Å². The third kappa shape index (κ3) is 11.6. The summed E-state index contributed by atoms with van der Waals surface area (Å²) in [6.45, 7) is 1.35. The molecule has 0 saturated heterocycles. The van der Waals surface area contributed by atoms with E-state index in [0.717, 1.165) is 16.7 Å². The summed E-state index contributed by atoms with van der Waals surface area (Å²) < 4.78 is 0. The minimum Gasteiger partial charge on any atom is -0.368 e. The molecule has 258 valence electrons. The molecule has 4 aromatic carbocycles. The highest BCUT2D eigenvalue weighted by molar-refractivity contribution is 6.38. The number of ketones is 1. The zero-order valence-electron chi connectivity index (χ0n) is 27.7. The number of hydrogen-bond donors (Lipinski definition) is 5. The maximum Gasteiger partial charge on any atom is 0.290 e. The standard InChI is InChI=1S/C39H41N5O6/c1-26(41-37(48)32(23-28-16-8-3-9-17-28)42-34(45)25-30-20-12-5-13-21-30)35(46)39(50)44-33(24-29-18-10-4-11-19-29)38(49)43-31(36(40)47)22-27-14-6-2-7-15-27/h2-21,26,31-33H,22-25H2,1H3,(H2,40,47)(H,41,48)(H,42,45)(H,43,49)(H,44,50). The van der Waals surface area contributed by atoms with Crippen molar-refractivity contribution in [2.45, 2.75) is 56.8 Å². The van der Waals surface area contributed by atoms with Gasteiger partial charge in [-0.2, -0.15) is 0 Å². The minimum atomic E-state index is -1.30. The Hall–Kier alpha value is -6.10. The molecule has 0 aliphatic heterocycles. The largest absolute Gasteiger partial charge is 0.368 e. The Balaban J connectivity index is 1.44. The Morgan fingerprint density at radius 2 is 0.880 bits per heavy atom. The zero-order chi connectivity index (χ0) is 35.9. The van der Waals surface area contributed by atoms with Gasteiger partial charge in [-0.05, 0) is 29.2 Å². The van der Waals surface area contributed by atoms with Crippen molar-refractivity contribution >= 4 is 35.3 Å². The lowest BCUT2D eigenvalue weighted by molar-refractivity contribution is -0.141. The van der Waals surface area contributed by atoms with E-state index in [4.69, 9.17) is 5.73 Å². The molecule has 4 atom stereocenters. The Bertz CT molecular complexity index is 1750. The number of carbonyl (C=O) groups excluding carboxylic acids is 6. The van der Waals surface area contributed by atoms with E-state index in [9.17, 15) is 28.8 Å². The number of nitrogens with one attached hydrogen (secondary N) is 4. The zero-order valence-corrected chi connectivity index (χ0v) is 27.7. The van der Waals surface area contributed by atoms with Crippen LogP contribution < -0.4 is 27.0 Å². The predicted octanol–water partition coefficient (Wildman–Crippen LogP) is 1.97. The first-order valence-electron chi connectivity index (χ1n) is 16.3. The highest BCUT2D eigenvalue weighted by Gasteiger charge is 2.32. The van der Waals surface area contributed by atoms with Crippen LogP contribution >= 0.6 is 0 Å². The summed E-state index contributed by atoms with van der Waals surface area (Å²) in [4.78, 5) is 78.7. The fourth-order valence-corrected chi connectivity index (χ4v) is 5.30. The van der Waals surface area contributed by atoms with Crippen molar-refractivity contribution in [1.82, 2.24) is 21.3 Å². The van der Waals surface area contributed by atoms with Gasteiger partial charge in [0, 0.05) is 19.3 Å². The summed E-state index contributed by atoms with van der Waals surface area (Å²) in [7, 11) is 0. The van der Waals surface area contributed by atoms with Crippen molar-refractivity contribution in [2.75, 3.05) is 0 Å². The Morgan fingerprint density at radius 3 is 1.32 bits per heavy atom. The molecule has 0 spiro atoms. The van der Waals surface area contributed by atoms with Crippen molar-refractivity contribution in [2.24, 2.45) is 5.73 Å². The summed E-state index contributed by atoms with van der Waals surface area (Å²) in [5.74, 6) is -4.64. The highest BCUT2D eigenvalue weighted by Crippen LogP contribution is 2.09. The molecule has 0 aromatic heterocycles. The molecule has 4 aromatic rings. The summed E-state index contributed by atoms with van der Waals surface area (Å²) in [6.07, 6.45) is 0.324. The van der Waals surface area contributed by atoms with E-state index in [1.807, 2.05) is 54.6 Å². The van der Waals surface area contributed by atoms with Crippen LogP contribution in [-0.2, 0) is 54.5 Å². The third-order valence-corrected chi connectivity index (χ3v) is 7.96. The molecule has 4 unspecified atom stereocenters. The number of amides is 5. The third-order valence-electron chi connectivity index (χ3n) is 7.96. The van der Waals surface area contributed by atoms with Gasteiger partial charge in [-0.25, -0.2) is 0 Å². The second-order valence-electron chi connectivity index (χ2n) is 11.9. The summed E-state index contributed by atoms with van der Waals surface area (Å²) in [5, 5.41) is 10.4. The summed E-state index contributed by atoms with van der Waals surface area (Å²) >= 11 is 0.